The molecule has 0 bridgehead atoms. The molecule has 19 heteroatoms. The zero-order chi connectivity index (χ0) is 34.2. The fourth-order valence-corrected chi connectivity index (χ4v) is 5.45. The number of hydrogen-bond acceptors (Lipinski definition) is 14. The number of hydrogen-bond donors (Lipinski definition) is 2. The third-order valence-electron chi connectivity index (χ3n) is 5.92. The maximum atomic E-state index is 13.0. The molecule has 0 aliphatic carbocycles. The zero-order valence-electron chi connectivity index (χ0n) is 23.2. The molecule has 240 valence electrons. The number of anilines is 1. The van der Waals surface area contributed by atoms with Crippen LogP contribution in [0.4, 0.5) is 17.1 Å². The molecule has 0 atom stereocenters. The van der Waals surface area contributed by atoms with Crippen LogP contribution in [0.15, 0.2) is 111 Å². The van der Waals surface area contributed by atoms with E-state index in [1.807, 2.05) is 6.92 Å². The Morgan fingerprint density at radius 3 is 1.80 bits per heavy atom. The van der Waals surface area contributed by atoms with Crippen LogP contribution in [-0.2, 0) is 41.5 Å². The van der Waals surface area contributed by atoms with E-state index in [0.717, 1.165) is 5.56 Å². The Labute approximate surface area is 265 Å². The minimum absolute atomic E-state index is 0.0248. The van der Waals surface area contributed by atoms with Crippen LogP contribution >= 0.6 is 0 Å². The summed E-state index contributed by atoms with van der Waals surface area (Å²) < 4.78 is 115. The van der Waals surface area contributed by atoms with Crippen molar-refractivity contribution in [1.82, 2.24) is 0 Å². The third kappa shape index (κ3) is 9.46. The summed E-state index contributed by atoms with van der Waals surface area (Å²) in [6.45, 7) is 1.86. The topological polar surface area (TPSA) is 251 Å². The smallest absolute Gasteiger partial charge is 0.398 e. The summed E-state index contributed by atoms with van der Waals surface area (Å²) in [5.41, 5.74) is 7.99. The van der Waals surface area contributed by atoms with Gasteiger partial charge in [0.1, 0.15) is 4.90 Å². The van der Waals surface area contributed by atoms with E-state index in [2.05, 4.69) is 10.2 Å². The van der Waals surface area contributed by atoms with Gasteiger partial charge in [0.05, 0.1) is 21.7 Å². The van der Waals surface area contributed by atoms with Crippen molar-refractivity contribution in [2.24, 2.45) is 10.2 Å². The molecule has 0 heterocycles. The van der Waals surface area contributed by atoms with Gasteiger partial charge in [0.2, 0.25) is 0 Å². The molecule has 0 aliphatic heterocycles. The third-order valence-corrected chi connectivity index (χ3v) is 8.01. The molecule has 0 saturated heterocycles. The Bertz CT molecular complexity index is 2370. The lowest BCUT2D eigenvalue weighted by molar-refractivity contribution is 0.482. The van der Waals surface area contributed by atoms with Gasteiger partial charge >= 0.3 is 31.3 Å². The van der Waals surface area contributed by atoms with Crippen molar-refractivity contribution in [3.8, 4) is 5.75 Å². The first-order valence-corrected chi connectivity index (χ1v) is 17.1. The molecular formula is C27H21N3O12S4. The van der Waals surface area contributed by atoms with Gasteiger partial charge in [-0.05, 0) is 60.8 Å². The monoisotopic (exact) mass is 707 g/mol. The zero-order valence-corrected chi connectivity index (χ0v) is 26.5. The highest BCUT2D eigenvalue weighted by molar-refractivity contribution is 7.87. The Morgan fingerprint density at radius 2 is 1.22 bits per heavy atom. The van der Waals surface area contributed by atoms with E-state index in [1.165, 1.54) is 30.3 Å². The van der Waals surface area contributed by atoms with Crippen molar-refractivity contribution in [3.05, 3.63) is 96.6 Å². The largest absolute Gasteiger partial charge is 0.425 e. The van der Waals surface area contributed by atoms with Crippen LogP contribution in [0.25, 0.3) is 21.5 Å². The molecular weight excluding hydrogens is 687 g/mol. The molecule has 0 aliphatic rings. The second-order valence-electron chi connectivity index (χ2n) is 8.95. The lowest BCUT2D eigenvalue weighted by Crippen LogP contribution is -2.10. The molecule has 5 rings (SSSR count). The van der Waals surface area contributed by atoms with Crippen LogP contribution in [0.2, 0.25) is 0 Å². The van der Waals surface area contributed by atoms with Crippen molar-refractivity contribution < 1.29 is 50.8 Å². The second-order valence-corrected chi connectivity index (χ2v) is 12.7. The average molecular weight is 708 g/mol. The van der Waals surface area contributed by atoms with E-state index in [1.54, 1.807) is 60.7 Å². The number of nitrogens with zero attached hydrogens (tertiary/aromatic N) is 2. The van der Waals surface area contributed by atoms with Gasteiger partial charge < -0.3 is 9.92 Å². The predicted octanol–water partition coefficient (Wildman–Crippen LogP) is 4.31. The second kappa shape index (κ2) is 14.8. The molecule has 15 nitrogen and oxygen atoms in total. The minimum atomic E-state index is -4.42. The van der Waals surface area contributed by atoms with Crippen molar-refractivity contribution in [1.29, 1.82) is 0 Å². The molecule has 0 saturated carbocycles. The molecule has 0 radical (unpaired) electrons. The van der Waals surface area contributed by atoms with Crippen LogP contribution in [0.1, 0.15) is 5.56 Å². The van der Waals surface area contributed by atoms with E-state index in [0.29, 0.717) is 38.6 Å². The van der Waals surface area contributed by atoms with Crippen LogP contribution < -0.4 is 9.92 Å². The fourth-order valence-electron chi connectivity index (χ4n) is 4.00. The Hall–Kier alpha value is -5.08. The summed E-state index contributed by atoms with van der Waals surface area (Å²) in [6, 6.07) is 23.8. The van der Waals surface area contributed by atoms with Gasteiger partial charge in [-0.2, -0.15) is 16.8 Å². The van der Waals surface area contributed by atoms with Crippen molar-refractivity contribution in [2.45, 2.75) is 16.7 Å². The van der Waals surface area contributed by atoms with Crippen LogP contribution in [0.5, 0.6) is 5.75 Å². The van der Waals surface area contributed by atoms with Gasteiger partial charge in [0.15, 0.2) is 5.75 Å². The number of benzene rings is 5. The number of aryl methyl sites for hydroxylation is 1. The van der Waals surface area contributed by atoms with E-state index in [9.17, 15) is 21.4 Å². The van der Waals surface area contributed by atoms with Gasteiger partial charge in [-0.1, -0.05) is 48.0 Å². The standard InChI is InChI=1S/C27H21N3O6S2.2O3S/c1-17-8-10-19(11-9-17)38(34,35)36-26-7-3-5-18-4-2-6-25(27(18)26)30-29-24-15-14-23(28)22-16-20(37(31,32)33)12-13-21(22)24;2*1-4(2)3/h2-16H,28H2,1H3,(H,31,32,33);;. The lowest BCUT2D eigenvalue weighted by Gasteiger charge is -2.11. The van der Waals surface area contributed by atoms with Crippen LogP contribution in [-0.4, -0.2) is 46.6 Å². The average Bonchev–Trinajstić information content (AvgIpc) is 2.96. The quantitative estimate of drug-likeness (QED) is 0.108. The summed E-state index contributed by atoms with van der Waals surface area (Å²) in [6.07, 6.45) is 0. The van der Waals surface area contributed by atoms with Crippen LogP contribution in [0, 0.1) is 6.92 Å². The van der Waals surface area contributed by atoms with Gasteiger partial charge in [-0.3, -0.25) is 4.55 Å². The summed E-state index contributed by atoms with van der Waals surface area (Å²) in [4.78, 5) is -0.270. The van der Waals surface area contributed by atoms with Crippen molar-refractivity contribution >= 4 is 80.1 Å². The molecule has 0 unspecified atom stereocenters. The summed E-state index contributed by atoms with van der Waals surface area (Å²) in [5.74, 6) is 0.0950. The number of rotatable bonds is 6. The Morgan fingerprint density at radius 1 is 0.674 bits per heavy atom. The van der Waals surface area contributed by atoms with Gasteiger partial charge in [-0.25, -0.2) is 0 Å². The first kappa shape index (κ1) is 35.4. The van der Waals surface area contributed by atoms with Gasteiger partial charge in [0.25, 0.3) is 10.1 Å². The Balaban J connectivity index is 0.000000647. The van der Waals surface area contributed by atoms with Crippen molar-refractivity contribution in [2.75, 3.05) is 5.73 Å². The molecule has 3 N–H and O–H groups in total. The van der Waals surface area contributed by atoms with Crippen LogP contribution in [0.3, 0.4) is 0 Å². The summed E-state index contributed by atoms with van der Waals surface area (Å²) in [5, 5.41) is 10.7. The molecule has 46 heavy (non-hydrogen) atoms. The lowest BCUT2D eigenvalue weighted by atomic mass is 10.1. The number of nitrogens with two attached hydrogens (primary N) is 1. The molecule has 5 aromatic rings. The maximum absolute atomic E-state index is 13.0. The SMILES string of the molecule is Cc1ccc(S(=O)(=O)Oc2cccc3cccc(N=Nc4ccc(N)c5cc(S(=O)(=O)O)ccc45)c23)cc1.O=S(=O)=O.O=S(=O)=O. The maximum Gasteiger partial charge on any atom is 0.425 e. The van der Waals surface area contributed by atoms with Gasteiger partial charge in [-0.15, -0.1) is 35.5 Å². The molecule has 0 amide bonds. The van der Waals surface area contributed by atoms with Crippen molar-refractivity contribution in [3.63, 3.8) is 0 Å². The molecule has 0 aromatic heterocycles. The minimum Gasteiger partial charge on any atom is -0.398 e. The first-order valence-electron chi connectivity index (χ1n) is 12.3. The molecule has 5 aromatic carbocycles. The van der Waals surface area contributed by atoms with Gasteiger partial charge in [0, 0.05) is 16.5 Å². The summed E-state index contributed by atoms with van der Waals surface area (Å²) in [7, 11) is -14.8. The van der Waals surface area contributed by atoms with E-state index in [4.69, 9.17) is 35.2 Å². The van der Waals surface area contributed by atoms with E-state index in [-0.39, 0.29) is 15.5 Å². The predicted molar refractivity (Wildman–Crippen MR) is 165 cm³/mol. The normalized spacial score (nSPS) is 11.3. The molecule has 0 spiro atoms. The first-order chi connectivity index (χ1) is 21.5. The highest BCUT2D eigenvalue weighted by atomic mass is 32.2. The summed E-state index contributed by atoms with van der Waals surface area (Å²) >= 11 is 0. The number of fused-ring (bicyclic) bond motifs is 2. The highest BCUT2D eigenvalue weighted by Crippen LogP contribution is 2.38. The number of nitrogen functional groups attached to an aromatic ring is 1. The Kier molecular flexibility index (Phi) is 11.4. The van der Waals surface area contributed by atoms with E-state index >= 15 is 0 Å². The van der Waals surface area contributed by atoms with E-state index < -0.39 is 41.5 Å². The molecule has 0 fully saturated rings. The number of azo groups is 1. The fraction of sp³-hybridized carbons (Fsp3) is 0.0370. The highest BCUT2D eigenvalue weighted by Gasteiger charge is 2.19.